The van der Waals surface area contributed by atoms with Crippen molar-refractivity contribution in [2.24, 2.45) is 0 Å². The number of carbonyl (C=O) groups is 1. The molecule has 0 radical (unpaired) electrons. The zero-order valence-corrected chi connectivity index (χ0v) is 19.1. The number of hydrogen-bond acceptors (Lipinski definition) is 3. The minimum atomic E-state index is -4.48. The fourth-order valence-electron chi connectivity index (χ4n) is 3.79. The van der Waals surface area contributed by atoms with Crippen LogP contribution in [0.1, 0.15) is 41.8 Å². The van der Waals surface area contributed by atoms with Crippen molar-refractivity contribution in [2.45, 2.75) is 38.9 Å². The first-order valence-electron chi connectivity index (χ1n) is 11.1. The molecule has 1 N–H and O–H groups in total. The van der Waals surface area contributed by atoms with Crippen molar-refractivity contribution < 1.29 is 22.4 Å². The first-order valence-corrected chi connectivity index (χ1v) is 11.1. The molecule has 0 unspecified atom stereocenters. The van der Waals surface area contributed by atoms with Gasteiger partial charge in [-0.3, -0.25) is 9.78 Å². The predicted molar refractivity (Wildman–Crippen MR) is 124 cm³/mol. The van der Waals surface area contributed by atoms with E-state index in [1.54, 1.807) is 19.1 Å². The molecule has 1 amide bonds. The molecule has 0 saturated carbocycles. The summed E-state index contributed by atoms with van der Waals surface area (Å²) >= 11 is 0. The lowest BCUT2D eigenvalue weighted by molar-refractivity contribution is -0.141. The number of nitrogens with zero attached hydrogens (tertiary/aromatic N) is 2. The van der Waals surface area contributed by atoms with E-state index in [4.69, 9.17) is 0 Å². The molecule has 3 rings (SSSR count). The third kappa shape index (κ3) is 6.34. The Morgan fingerprint density at radius 1 is 1.09 bits per heavy atom. The number of nitrogens with one attached hydrogen (secondary N) is 1. The van der Waals surface area contributed by atoms with Gasteiger partial charge in [0.2, 0.25) is 5.91 Å². The predicted octanol–water partition coefficient (Wildman–Crippen LogP) is 5.86. The first kappa shape index (κ1) is 25.2. The highest BCUT2D eigenvalue weighted by Gasteiger charge is 2.32. The van der Waals surface area contributed by atoms with E-state index in [9.17, 15) is 22.4 Å². The summed E-state index contributed by atoms with van der Waals surface area (Å²) < 4.78 is 52.3. The maximum atomic E-state index is 14.0. The molecular weight excluding hydrogens is 446 g/mol. The highest BCUT2D eigenvalue weighted by atomic mass is 19.4. The van der Waals surface area contributed by atoms with E-state index in [1.165, 1.54) is 18.3 Å². The lowest BCUT2D eigenvalue weighted by Crippen LogP contribution is -2.41. The number of aryl methyl sites for hydroxylation is 2. The quantitative estimate of drug-likeness (QED) is 0.396. The number of alkyl halides is 3. The van der Waals surface area contributed by atoms with Crippen molar-refractivity contribution in [2.75, 3.05) is 18.0 Å². The van der Waals surface area contributed by atoms with Gasteiger partial charge in [-0.25, -0.2) is 4.39 Å². The van der Waals surface area contributed by atoms with Crippen LogP contribution in [0.5, 0.6) is 0 Å². The number of halogens is 4. The Bertz CT molecular complexity index is 1090. The van der Waals surface area contributed by atoms with Crippen molar-refractivity contribution in [1.82, 2.24) is 10.3 Å². The topological polar surface area (TPSA) is 45.2 Å². The summed E-state index contributed by atoms with van der Waals surface area (Å²) in [6.07, 6.45) is -2.23. The fourth-order valence-corrected chi connectivity index (χ4v) is 3.79. The normalized spacial score (nSPS) is 12.3. The summed E-state index contributed by atoms with van der Waals surface area (Å²) in [5, 5.41) is 2.88. The third-order valence-electron chi connectivity index (χ3n) is 5.48. The zero-order chi connectivity index (χ0) is 24.7. The Labute approximate surface area is 196 Å². The van der Waals surface area contributed by atoms with E-state index in [2.05, 4.69) is 10.3 Å². The van der Waals surface area contributed by atoms with Crippen molar-refractivity contribution in [1.29, 1.82) is 0 Å². The van der Waals surface area contributed by atoms with Gasteiger partial charge in [0, 0.05) is 25.0 Å². The highest BCUT2D eigenvalue weighted by Crippen LogP contribution is 2.30. The molecular formula is C26H27F4N3O. The summed E-state index contributed by atoms with van der Waals surface area (Å²) in [6, 6.07) is 15.7. The molecule has 1 heterocycles. The summed E-state index contributed by atoms with van der Waals surface area (Å²) in [4.78, 5) is 18.6. The molecule has 8 heteroatoms. The average molecular weight is 474 g/mol. The molecule has 180 valence electrons. The number of benzene rings is 2. The minimum Gasteiger partial charge on any atom is -0.356 e. The number of likely N-dealkylation sites (N-methyl/N-ethyl adjacent to an activating group) is 1. The van der Waals surface area contributed by atoms with Crippen LogP contribution in [0.2, 0.25) is 0 Å². The number of hydrogen-bond donors (Lipinski definition) is 1. The summed E-state index contributed by atoms with van der Waals surface area (Å²) in [5.74, 6) is -0.527. The lowest BCUT2D eigenvalue weighted by Gasteiger charge is -2.33. The molecule has 0 aliphatic rings. The van der Waals surface area contributed by atoms with Crippen molar-refractivity contribution in [3.63, 3.8) is 0 Å². The molecule has 0 saturated heterocycles. The summed E-state index contributed by atoms with van der Waals surface area (Å²) in [6.45, 7) is 4.37. The molecule has 1 atom stereocenters. The maximum absolute atomic E-state index is 14.0. The van der Waals surface area contributed by atoms with Crippen molar-refractivity contribution >= 4 is 11.6 Å². The average Bonchev–Trinajstić information content (AvgIpc) is 2.81. The van der Waals surface area contributed by atoms with Gasteiger partial charge in [0.25, 0.3) is 0 Å². The second kappa shape index (κ2) is 11.1. The molecule has 3 aromatic rings. The van der Waals surface area contributed by atoms with E-state index in [0.29, 0.717) is 42.7 Å². The van der Waals surface area contributed by atoms with Gasteiger partial charge in [0.05, 0.1) is 0 Å². The Morgan fingerprint density at radius 2 is 1.82 bits per heavy atom. The van der Waals surface area contributed by atoms with E-state index in [1.807, 2.05) is 42.2 Å². The van der Waals surface area contributed by atoms with Crippen LogP contribution in [0, 0.1) is 12.7 Å². The van der Waals surface area contributed by atoms with Crippen molar-refractivity contribution in [3.05, 3.63) is 95.1 Å². The number of anilines is 1. The molecule has 2 aromatic carbocycles. The smallest absolute Gasteiger partial charge is 0.356 e. The lowest BCUT2D eigenvalue weighted by atomic mass is 10.0. The fraction of sp³-hybridized carbons (Fsp3) is 0.308. The number of amides is 1. The van der Waals surface area contributed by atoms with Crippen LogP contribution in [0.25, 0.3) is 0 Å². The van der Waals surface area contributed by atoms with Crippen LogP contribution in [0.15, 0.2) is 66.9 Å². The Balaban J connectivity index is 1.88. The molecule has 34 heavy (non-hydrogen) atoms. The molecule has 0 spiro atoms. The third-order valence-corrected chi connectivity index (χ3v) is 5.48. The second-order valence-corrected chi connectivity index (χ2v) is 7.99. The molecule has 0 aliphatic carbocycles. The SMILES string of the molecule is CCNC(=O)[C@@H](c1ccccc1)N(CCCc1ccc(C(F)(F)F)nc1)c1ccc(F)c(C)c1. The van der Waals surface area contributed by atoms with E-state index < -0.39 is 17.9 Å². The Hall–Kier alpha value is -3.42. The number of pyridine rings is 1. The Kier molecular flexibility index (Phi) is 8.26. The van der Waals surface area contributed by atoms with Crippen LogP contribution in [0.4, 0.5) is 23.2 Å². The number of rotatable bonds is 9. The van der Waals surface area contributed by atoms with Gasteiger partial charge in [0.15, 0.2) is 0 Å². The van der Waals surface area contributed by atoms with Gasteiger partial charge in [0.1, 0.15) is 17.6 Å². The van der Waals surface area contributed by atoms with Gasteiger partial charge >= 0.3 is 6.18 Å². The van der Waals surface area contributed by atoms with Gasteiger partial charge in [-0.05, 0) is 67.6 Å². The Morgan fingerprint density at radius 3 is 2.41 bits per heavy atom. The van der Waals surface area contributed by atoms with Gasteiger partial charge in [-0.15, -0.1) is 0 Å². The van der Waals surface area contributed by atoms with Gasteiger partial charge in [-0.1, -0.05) is 36.4 Å². The largest absolute Gasteiger partial charge is 0.433 e. The van der Waals surface area contributed by atoms with Crippen LogP contribution >= 0.6 is 0 Å². The second-order valence-electron chi connectivity index (χ2n) is 7.99. The summed E-state index contributed by atoms with van der Waals surface area (Å²) in [5.41, 5.74) is 1.66. The first-order chi connectivity index (χ1) is 16.2. The van der Waals surface area contributed by atoms with E-state index in [-0.39, 0.29) is 11.7 Å². The molecule has 0 fully saturated rings. The molecule has 1 aromatic heterocycles. The molecule has 0 aliphatic heterocycles. The minimum absolute atomic E-state index is 0.188. The van der Waals surface area contributed by atoms with Crippen LogP contribution in [0.3, 0.4) is 0 Å². The number of aromatic nitrogens is 1. The molecule has 4 nitrogen and oxygen atoms in total. The van der Waals surface area contributed by atoms with Gasteiger partial charge in [-0.2, -0.15) is 13.2 Å². The van der Waals surface area contributed by atoms with E-state index >= 15 is 0 Å². The zero-order valence-electron chi connectivity index (χ0n) is 19.1. The standard InChI is InChI=1S/C26H27F4N3O/c1-3-31-25(34)24(20-9-5-4-6-10-20)33(21-12-13-22(27)18(2)16-21)15-7-8-19-11-14-23(32-17-19)26(28,29)30/h4-6,9-14,16-17,24H,3,7-8,15H2,1-2H3,(H,31,34)/t24-/m1/s1. The monoisotopic (exact) mass is 473 g/mol. The molecule has 0 bridgehead atoms. The van der Waals surface area contributed by atoms with Gasteiger partial charge < -0.3 is 10.2 Å². The van der Waals surface area contributed by atoms with E-state index in [0.717, 1.165) is 11.6 Å². The van der Waals surface area contributed by atoms with Crippen LogP contribution in [-0.4, -0.2) is 24.0 Å². The highest BCUT2D eigenvalue weighted by molar-refractivity contribution is 5.86. The number of carbonyl (C=O) groups excluding carboxylic acids is 1. The van der Waals surface area contributed by atoms with Crippen molar-refractivity contribution in [3.8, 4) is 0 Å². The van der Waals surface area contributed by atoms with Crippen LogP contribution < -0.4 is 10.2 Å². The van der Waals surface area contributed by atoms with Crippen LogP contribution in [-0.2, 0) is 17.4 Å². The maximum Gasteiger partial charge on any atom is 0.433 e. The summed E-state index contributed by atoms with van der Waals surface area (Å²) in [7, 11) is 0.